The molecule has 0 saturated heterocycles. The Kier molecular flexibility index (Phi) is 8.49. The molecule has 0 atom stereocenters. The Bertz CT molecular complexity index is 868. The Balaban J connectivity index is 0.00000280. The molecule has 0 spiro atoms. The van der Waals surface area contributed by atoms with Gasteiger partial charge in [0.15, 0.2) is 11.7 Å². The second-order valence-corrected chi connectivity index (χ2v) is 6.07. The summed E-state index contributed by atoms with van der Waals surface area (Å²) < 4.78 is 10.8. The number of aliphatic imine (C=N–C) groups is 1. The van der Waals surface area contributed by atoms with E-state index in [9.17, 15) is 0 Å². The first-order valence-corrected chi connectivity index (χ1v) is 9.16. The van der Waals surface area contributed by atoms with Gasteiger partial charge in [0.1, 0.15) is 11.5 Å². The van der Waals surface area contributed by atoms with E-state index >= 15 is 0 Å². The van der Waals surface area contributed by atoms with Crippen molar-refractivity contribution in [3.8, 4) is 11.3 Å². The van der Waals surface area contributed by atoms with Gasteiger partial charge in [-0.3, -0.25) is 4.99 Å². The number of aryl methyl sites for hydroxylation is 2. The Morgan fingerprint density at radius 2 is 1.75 bits per heavy atom. The van der Waals surface area contributed by atoms with E-state index in [1.54, 1.807) is 7.05 Å². The molecular weight excluding hydrogens is 469 g/mol. The van der Waals surface area contributed by atoms with Crippen LogP contribution in [0.1, 0.15) is 36.6 Å². The third-order valence-corrected chi connectivity index (χ3v) is 4.32. The minimum Gasteiger partial charge on any atom is -0.361 e. The molecule has 2 N–H and O–H groups in total. The molecule has 0 bridgehead atoms. The lowest BCUT2D eigenvalue weighted by Gasteiger charge is -2.11. The Morgan fingerprint density at radius 3 is 2.43 bits per heavy atom. The van der Waals surface area contributed by atoms with Crippen LogP contribution in [0.3, 0.4) is 0 Å². The molecule has 0 amide bonds. The van der Waals surface area contributed by atoms with Crippen LogP contribution in [-0.2, 0) is 25.9 Å². The van der Waals surface area contributed by atoms with E-state index in [1.807, 2.05) is 36.4 Å². The maximum absolute atomic E-state index is 5.43. The summed E-state index contributed by atoms with van der Waals surface area (Å²) >= 11 is 0. The van der Waals surface area contributed by atoms with Gasteiger partial charge >= 0.3 is 0 Å². The number of guanidine groups is 1. The minimum absolute atomic E-state index is 0. The summed E-state index contributed by atoms with van der Waals surface area (Å²) in [7, 11) is 1.74. The summed E-state index contributed by atoms with van der Waals surface area (Å²) in [5.41, 5.74) is 3.91. The molecule has 28 heavy (non-hydrogen) atoms. The van der Waals surface area contributed by atoms with E-state index < -0.39 is 0 Å². The summed E-state index contributed by atoms with van der Waals surface area (Å²) in [5.74, 6) is 2.35. The van der Waals surface area contributed by atoms with E-state index in [0.717, 1.165) is 46.9 Å². The topological polar surface area (TPSA) is 88.5 Å². The summed E-state index contributed by atoms with van der Waals surface area (Å²) in [6.45, 7) is 5.26. The zero-order valence-corrected chi connectivity index (χ0v) is 18.7. The van der Waals surface area contributed by atoms with E-state index in [0.29, 0.717) is 19.0 Å². The van der Waals surface area contributed by atoms with E-state index in [1.165, 1.54) is 0 Å². The quantitative estimate of drug-likeness (QED) is 0.293. The van der Waals surface area contributed by atoms with Crippen molar-refractivity contribution in [1.29, 1.82) is 0 Å². The second-order valence-electron chi connectivity index (χ2n) is 6.07. The average Bonchev–Trinajstić information content (AvgIpc) is 3.35. The molecule has 2 aromatic heterocycles. The summed E-state index contributed by atoms with van der Waals surface area (Å²) in [5, 5.41) is 14.8. The Morgan fingerprint density at radius 1 is 1.00 bits per heavy atom. The Labute approximate surface area is 182 Å². The zero-order valence-electron chi connectivity index (χ0n) is 16.4. The van der Waals surface area contributed by atoms with Gasteiger partial charge in [0.05, 0.1) is 12.2 Å². The van der Waals surface area contributed by atoms with Crippen LogP contribution in [0.15, 0.2) is 50.4 Å². The van der Waals surface area contributed by atoms with Crippen LogP contribution in [0.4, 0.5) is 0 Å². The van der Waals surface area contributed by atoms with Crippen LogP contribution in [0.5, 0.6) is 0 Å². The summed E-state index contributed by atoms with van der Waals surface area (Å²) in [4.78, 5) is 4.26. The fraction of sp³-hybridized carbons (Fsp3) is 0.350. The molecule has 0 aliphatic carbocycles. The van der Waals surface area contributed by atoms with Gasteiger partial charge in [-0.2, -0.15) is 0 Å². The highest BCUT2D eigenvalue weighted by Crippen LogP contribution is 2.19. The summed E-state index contributed by atoms with van der Waals surface area (Å²) in [6.07, 6.45) is 1.66. The normalized spacial score (nSPS) is 11.2. The molecule has 150 valence electrons. The molecule has 3 aromatic rings. The average molecular weight is 495 g/mol. The lowest BCUT2D eigenvalue weighted by Crippen LogP contribution is -2.36. The van der Waals surface area contributed by atoms with Crippen LogP contribution in [0.25, 0.3) is 11.3 Å². The first-order chi connectivity index (χ1) is 13.2. The van der Waals surface area contributed by atoms with Gasteiger partial charge in [0.25, 0.3) is 0 Å². The monoisotopic (exact) mass is 495 g/mol. The highest BCUT2D eigenvalue weighted by Gasteiger charge is 2.14. The molecule has 0 saturated carbocycles. The molecule has 1 aromatic carbocycles. The third-order valence-electron chi connectivity index (χ3n) is 4.32. The van der Waals surface area contributed by atoms with Gasteiger partial charge in [-0.1, -0.05) is 54.5 Å². The number of rotatable bonds is 7. The zero-order chi connectivity index (χ0) is 19.1. The van der Waals surface area contributed by atoms with Crippen molar-refractivity contribution in [1.82, 2.24) is 20.9 Å². The minimum atomic E-state index is 0. The fourth-order valence-corrected chi connectivity index (χ4v) is 2.84. The standard InChI is InChI=1S/C20H25N5O2.HI/c1-4-17-16(18(5-2)26-25-17)13-23-20(21-3)22-12-15-11-19(27-24-15)14-9-7-6-8-10-14;/h6-11H,4-5,12-13H2,1-3H3,(H2,21,22,23);1H. The van der Waals surface area contributed by atoms with Gasteiger partial charge in [-0.05, 0) is 6.42 Å². The first-order valence-electron chi connectivity index (χ1n) is 9.16. The van der Waals surface area contributed by atoms with Crippen molar-refractivity contribution in [3.05, 3.63) is 59.1 Å². The largest absolute Gasteiger partial charge is 0.361 e. The highest BCUT2D eigenvalue weighted by atomic mass is 127. The third kappa shape index (κ3) is 5.34. The highest BCUT2D eigenvalue weighted by molar-refractivity contribution is 14.0. The first kappa shape index (κ1) is 21.9. The smallest absolute Gasteiger partial charge is 0.191 e. The van der Waals surface area contributed by atoms with Gasteiger partial charge < -0.3 is 19.7 Å². The fourth-order valence-electron chi connectivity index (χ4n) is 2.84. The number of hydrogen-bond acceptors (Lipinski definition) is 5. The molecular formula is C20H26IN5O2. The maximum Gasteiger partial charge on any atom is 0.191 e. The molecule has 0 aliphatic heterocycles. The van der Waals surface area contributed by atoms with Crippen LogP contribution in [-0.4, -0.2) is 23.3 Å². The van der Waals surface area contributed by atoms with E-state index in [-0.39, 0.29) is 24.0 Å². The number of aromatic nitrogens is 2. The van der Waals surface area contributed by atoms with Gasteiger partial charge in [0.2, 0.25) is 0 Å². The molecule has 0 fully saturated rings. The van der Waals surface area contributed by atoms with Gasteiger partial charge in [0, 0.05) is 37.2 Å². The van der Waals surface area contributed by atoms with Crippen molar-refractivity contribution in [2.24, 2.45) is 4.99 Å². The number of nitrogens with zero attached hydrogens (tertiary/aromatic N) is 3. The van der Waals surface area contributed by atoms with Gasteiger partial charge in [-0.25, -0.2) is 0 Å². The van der Waals surface area contributed by atoms with Crippen LogP contribution < -0.4 is 10.6 Å². The number of nitrogens with one attached hydrogen (secondary N) is 2. The van der Waals surface area contributed by atoms with Crippen molar-refractivity contribution >= 4 is 29.9 Å². The lowest BCUT2D eigenvalue weighted by molar-refractivity contribution is 0.380. The van der Waals surface area contributed by atoms with Gasteiger partial charge in [-0.15, -0.1) is 24.0 Å². The molecule has 0 radical (unpaired) electrons. The van der Waals surface area contributed by atoms with Crippen molar-refractivity contribution in [2.45, 2.75) is 39.8 Å². The molecule has 2 heterocycles. The SMILES string of the molecule is CCc1noc(CC)c1CNC(=NC)NCc1cc(-c2ccccc2)on1.I. The number of halogens is 1. The van der Waals surface area contributed by atoms with Crippen LogP contribution in [0, 0.1) is 0 Å². The van der Waals surface area contributed by atoms with Crippen molar-refractivity contribution in [3.63, 3.8) is 0 Å². The molecule has 0 unspecified atom stereocenters. The van der Waals surface area contributed by atoms with Crippen molar-refractivity contribution in [2.75, 3.05) is 7.05 Å². The van der Waals surface area contributed by atoms with E-state index in [2.05, 4.69) is 39.8 Å². The predicted octanol–water partition coefficient (Wildman–Crippen LogP) is 3.94. The Hall–Kier alpha value is -2.36. The number of benzene rings is 1. The molecule has 7 nitrogen and oxygen atoms in total. The molecule has 3 rings (SSSR count). The molecule has 8 heteroatoms. The lowest BCUT2D eigenvalue weighted by atomic mass is 10.1. The molecule has 0 aliphatic rings. The van der Waals surface area contributed by atoms with Crippen LogP contribution >= 0.6 is 24.0 Å². The maximum atomic E-state index is 5.43. The van der Waals surface area contributed by atoms with E-state index in [4.69, 9.17) is 9.05 Å². The predicted molar refractivity (Wildman–Crippen MR) is 120 cm³/mol. The second kappa shape index (κ2) is 10.8. The number of hydrogen-bond donors (Lipinski definition) is 2. The summed E-state index contributed by atoms with van der Waals surface area (Å²) in [6, 6.07) is 11.8. The van der Waals surface area contributed by atoms with Crippen LogP contribution in [0.2, 0.25) is 0 Å². The van der Waals surface area contributed by atoms with Crippen molar-refractivity contribution < 1.29 is 9.05 Å².